The molecule has 1 aromatic rings. The number of halogens is 2. The third-order valence-electron chi connectivity index (χ3n) is 2.79. The number of carbonyl (C=O) groups excluding carboxylic acids is 2. The van der Waals surface area contributed by atoms with Crippen LogP contribution in [-0.4, -0.2) is 30.7 Å². The molecule has 8 heteroatoms. The van der Waals surface area contributed by atoms with E-state index in [1.807, 2.05) is 0 Å². The number of rotatable bonds is 7. The van der Waals surface area contributed by atoms with Crippen LogP contribution in [0.25, 0.3) is 0 Å². The van der Waals surface area contributed by atoms with E-state index in [0.717, 1.165) is 10.0 Å². The maximum Gasteiger partial charge on any atom is 0.344 e. The number of Topliss-reactive ketones (excluding diaryl/α,β-unsaturated/α-hetero) is 1. The zero-order valence-electron chi connectivity index (χ0n) is 12.5. The molecule has 0 amide bonds. The number of ketones is 1. The second-order valence-corrected chi connectivity index (χ2v) is 6.02. The molecule has 0 saturated heterocycles. The van der Waals surface area contributed by atoms with E-state index in [1.54, 1.807) is 25.1 Å². The Morgan fingerprint density at radius 3 is 2.61 bits per heavy atom. The van der Waals surface area contributed by atoms with Gasteiger partial charge in [-0.1, -0.05) is 27.5 Å². The molecule has 0 bridgehead atoms. The van der Waals surface area contributed by atoms with Crippen molar-refractivity contribution in [2.75, 3.05) is 13.2 Å². The van der Waals surface area contributed by atoms with Gasteiger partial charge in [0.25, 0.3) is 0 Å². The first-order valence-electron chi connectivity index (χ1n) is 6.47. The maximum atomic E-state index is 11.6. The third kappa shape index (κ3) is 5.66. The van der Waals surface area contributed by atoms with Crippen molar-refractivity contribution in [1.29, 1.82) is 10.7 Å². The van der Waals surface area contributed by atoms with Crippen LogP contribution in [0.5, 0.6) is 5.75 Å². The second kappa shape index (κ2) is 8.65. The lowest BCUT2D eigenvalue weighted by Crippen LogP contribution is -2.27. The summed E-state index contributed by atoms with van der Waals surface area (Å²) in [4.78, 5) is 23.2. The largest absolute Gasteiger partial charge is 0.480 e. The summed E-state index contributed by atoms with van der Waals surface area (Å²) in [5, 5.41) is 16.4. The fourth-order valence-corrected chi connectivity index (χ4v) is 2.72. The van der Waals surface area contributed by atoms with Crippen molar-refractivity contribution < 1.29 is 19.1 Å². The molecule has 122 valence electrons. The van der Waals surface area contributed by atoms with Crippen molar-refractivity contribution in [2.24, 2.45) is 5.92 Å². The van der Waals surface area contributed by atoms with E-state index >= 15 is 0 Å². The lowest BCUT2D eigenvalue weighted by atomic mass is 10.0. The number of benzene rings is 1. The molecule has 1 aromatic carbocycles. The SMILES string of the molecule is CC(=N)[C@H](C#N)C(=O)COC(=O)COc1c(C)cc(Br)cc1Cl. The molecular formula is C15H14BrClN2O4. The van der Waals surface area contributed by atoms with Gasteiger partial charge in [0.1, 0.15) is 11.7 Å². The van der Waals surface area contributed by atoms with E-state index in [2.05, 4.69) is 15.9 Å². The Hall–Kier alpha value is -1.91. The number of aryl methyl sites for hydroxylation is 1. The molecule has 0 radical (unpaired) electrons. The van der Waals surface area contributed by atoms with Crippen LogP contribution in [0.4, 0.5) is 0 Å². The Morgan fingerprint density at radius 2 is 2.09 bits per heavy atom. The summed E-state index contributed by atoms with van der Waals surface area (Å²) < 4.78 is 10.8. The fourth-order valence-electron chi connectivity index (χ4n) is 1.69. The molecule has 0 aromatic heterocycles. The van der Waals surface area contributed by atoms with Gasteiger partial charge in [0.15, 0.2) is 19.0 Å². The zero-order chi connectivity index (χ0) is 17.6. The minimum Gasteiger partial charge on any atom is -0.480 e. The number of hydrogen-bond donors (Lipinski definition) is 1. The molecule has 0 fully saturated rings. The summed E-state index contributed by atoms with van der Waals surface area (Å²) in [6, 6.07) is 5.09. The van der Waals surface area contributed by atoms with Crippen LogP contribution in [0.2, 0.25) is 5.02 Å². The van der Waals surface area contributed by atoms with Crippen molar-refractivity contribution in [3.63, 3.8) is 0 Å². The first-order chi connectivity index (χ1) is 10.8. The molecule has 6 nitrogen and oxygen atoms in total. The molecule has 0 saturated carbocycles. The Morgan fingerprint density at radius 1 is 1.43 bits per heavy atom. The smallest absolute Gasteiger partial charge is 0.344 e. The van der Waals surface area contributed by atoms with Crippen molar-refractivity contribution in [1.82, 2.24) is 0 Å². The van der Waals surface area contributed by atoms with Crippen LogP contribution in [0.3, 0.4) is 0 Å². The summed E-state index contributed by atoms with van der Waals surface area (Å²) in [7, 11) is 0. The zero-order valence-corrected chi connectivity index (χ0v) is 14.8. The van der Waals surface area contributed by atoms with Gasteiger partial charge in [-0.15, -0.1) is 0 Å². The van der Waals surface area contributed by atoms with Gasteiger partial charge < -0.3 is 14.9 Å². The number of esters is 1. The second-order valence-electron chi connectivity index (χ2n) is 4.69. The average Bonchev–Trinajstić information content (AvgIpc) is 2.44. The first kappa shape index (κ1) is 19.1. The molecule has 0 aliphatic heterocycles. The average molecular weight is 402 g/mol. The standard InChI is InChI=1S/C15H14BrClN2O4/c1-8-3-10(16)4-12(17)15(8)23-7-14(21)22-6-13(20)11(5-18)9(2)19/h3-4,11,19H,6-7H2,1-2H3/t11-/m0/s1. The monoisotopic (exact) mass is 400 g/mol. The minimum atomic E-state index is -1.20. The summed E-state index contributed by atoms with van der Waals surface area (Å²) >= 11 is 9.31. The number of ether oxygens (including phenoxy) is 2. The van der Waals surface area contributed by atoms with Gasteiger partial charge in [-0.05, 0) is 31.5 Å². The van der Waals surface area contributed by atoms with Gasteiger partial charge in [-0.3, -0.25) is 4.79 Å². The first-order valence-corrected chi connectivity index (χ1v) is 7.64. The summed E-state index contributed by atoms with van der Waals surface area (Å²) in [6.07, 6.45) is 0. The molecular weight excluding hydrogens is 388 g/mol. The van der Waals surface area contributed by atoms with Crippen LogP contribution in [0.1, 0.15) is 12.5 Å². The highest BCUT2D eigenvalue weighted by Crippen LogP contribution is 2.31. The maximum absolute atomic E-state index is 11.6. The summed E-state index contributed by atoms with van der Waals surface area (Å²) in [6.45, 7) is 2.11. The van der Waals surface area contributed by atoms with Crippen molar-refractivity contribution in [3.05, 3.63) is 27.2 Å². The topological polar surface area (TPSA) is 100 Å². The van der Waals surface area contributed by atoms with Gasteiger partial charge in [0, 0.05) is 10.2 Å². The van der Waals surface area contributed by atoms with Gasteiger partial charge >= 0.3 is 5.97 Å². The van der Waals surface area contributed by atoms with Crippen LogP contribution < -0.4 is 4.74 Å². The Bertz CT molecular complexity index is 662. The van der Waals surface area contributed by atoms with Gasteiger partial charge in [-0.25, -0.2) is 4.79 Å². The van der Waals surface area contributed by atoms with Gasteiger partial charge in [0.05, 0.1) is 11.1 Å². The summed E-state index contributed by atoms with van der Waals surface area (Å²) in [5.74, 6) is -2.27. The van der Waals surface area contributed by atoms with Crippen LogP contribution >= 0.6 is 27.5 Å². The number of nitriles is 1. The number of hydrogen-bond acceptors (Lipinski definition) is 6. The summed E-state index contributed by atoms with van der Waals surface area (Å²) in [5.41, 5.74) is 0.638. The molecule has 1 rings (SSSR count). The normalized spacial score (nSPS) is 11.3. The van der Waals surface area contributed by atoms with E-state index in [1.165, 1.54) is 6.92 Å². The molecule has 1 N–H and O–H groups in total. The molecule has 0 heterocycles. The van der Waals surface area contributed by atoms with E-state index in [9.17, 15) is 9.59 Å². The minimum absolute atomic E-state index is 0.0953. The highest BCUT2D eigenvalue weighted by atomic mass is 79.9. The Kier molecular flexibility index (Phi) is 7.20. The molecule has 23 heavy (non-hydrogen) atoms. The Labute approximate surface area is 147 Å². The number of nitrogens with one attached hydrogen (secondary N) is 1. The molecule has 0 unspecified atom stereocenters. The van der Waals surface area contributed by atoms with E-state index in [-0.39, 0.29) is 5.71 Å². The predicted octanol–water partition coefficient (Wildman–Crippen LogP) is 3.08. The Balaban J connectivity index is 2.55. The molecule has 1 atom stereocenters. The molecule has 0 spiro atoms. The van der Waals surface area contributed by atoms with Crippen LogP contribution in [-0.2, 0) is 14.3 Å². The van der Waals surface area contributed by atoms with E-state index in [0.29, 0.717) is 10.8 Å². The third-order valence-corrected chi connectivity index (χ3v) is 3.53. The lowest BCUT2D eigenvalue weighted by molar-refractivity contribution is -0.150. The van der Waals surface area contributed by atoms with Crippen molar-refractivity contribution in [3.8, 4) is 11.8 Å². The predicted molar refractivity (Wildman–Crippen MR) is 87.9 cm³/mol. The highest BCUT2D eigenvalue weighted by Gasteiger charge is 2.21. The van der Waals surface area contributed by atoms with Gasteiger partial charge in [-0.2, -0.15) is 5.26 Å². The van der Waals surface area contributed by atoms with Crippen LogP contribution in [0.15, 0.2) is 16.6 Å². The van der Waals surface area contributed by atoms with Crippen molar-refractivity contribution in [2.45, 2.75) is 13.8 Å². The number of carbonyl (C=O) groups is 2. The van der Waals surface area contributed by atoms with E-state index < -0.39 is 30.9 Å². The van der Waals surface area contributed by atoms with Gasteiger partial charge in [0.2, 0.25) is 0 Å². The fraction of sp³-hybridized carbons (Fsp3) is 0.333. The van der Waals surface area contributed by atoms with Crippen LogP contribution in [0, 0.1) is 29.6 Å². The highest BCUT2D eigenvalue weighted by molar-refractivity contribution is 9.10. The lowest BCUT2D eigenvalue weighted by Gasteiger charge is -2.11. The molecule has 0 aliphatic carbocycles. The quantitative estimate of drug-likeness (QED) is 0.559. The van der Waals surface area contributed by atoms with Crippen molar-refractivity contribution >= 4 is 45.0 Å². The number of nitrogens with zero attached hydrogens (tertiary/aromatic N) is 1. The molecule has 0 aliphatic rings. The van der Waals surface area contributed by atoms with E-state index in [4.69, 9.17) is 31.7 Å².